The minimum absolute atomic E-state index is 0.103. The van der Waals surface area contributed by atoms with Crippen molar-refractivity contribution in [3.63, 3.8) is 0 Å². The monoisotopic (exact) mass is 352 g/mol. The van der Waals surface area contributed by atoms with Gasteiger partial charge in [-0.3, -0.25) is 14.5 Å². The quantitative estimate of drug-likeness (QED) is 0.691. The molecule has 0 aliphatic carbocycles. The predicted octanol–water partition coefficient (Wildman–Crippen LogP) is 3.54. The summed E-state index contributed by atoms with van der Waals surface area (Å²) in [6, 6.07) is 16.0. The number of nitrogens with one attached hydrogen (secondary N) is 2. The molecule has 0 aliphatic heterocycles. The second-order valence-electron chi connectivity index (χ2n) is 6.01. The average Bonchev–Trinajstić information content (AvgIpc) is 2.96. The van der Waals surface area contributed by atoms with Gasteiger partial charge in [-0.1, -0.05) is 54.1 Å². The molecule has 25 heavy (non-hydrogen) atoms. The SMILES string of the molecule is Cc1ccc(-c2n[nH]c(=S)n2CC(=O)NCc2ccccc2C)cc1. The van der Waals surface area contributed by atoms with Crippen molar-refractivity contribution in [1.82, 2.24) is 20.1 Å². The first-order valence-electron chi connectivity index (χ1n) is 8.08. The third-order valence-corrected chi connectivity index (χ3v) is 4.42. The first-order chi connectivity index (χ1) is 12.0. The molecule has 0 spiro atoms. The fraction of sp³-hybridized carbons (Fsp3) is 0.211. The Labute approximate surface area is 151 Å². The van der Waals surface area contributed by atoms with Crippen LogP contribution in [-0.4, -0.2) is 20.7 Å². The van der Waals surface area contributed by atoms with Gasteiger partial charge < -0.3 is 5.32 Å². The van der Waals surface area contributed by atoms with Gasteiger partial charge in [-0.2, -0.15) is 5.10 Å². The third-order valence-electron chi connectivity index (χ3n) is 4.11. The van der Waals surface area contributed by atoms with Crippen molar-refractivity contribution < 1.29 is 4.79 Å². The van der Waals surface area contributed by atoms with Crippen LogP contribution in [0.25, 0.3) is 11.4 Å². The summed E-state index contributed by atoms with van der Waals surface area (Å²) in [5.41, 5.74) is 4.35. The van der Waals surface area contributed by atoms with Crippen LogP contribution < -0.4 is 5.32 Å². The zero-order valence-corrected chi connectivity index (χ0v) is 15.1. The van der Waals surface area contributed by atoms with Crippen molar-refractivity contribution in [2.75, 3.05) is 0 Å². The molecule has 0 saturated carbocycles. The number of benzene rings is 2. The number of rotatable bonds is 5. The number of aromatic amines is 1. The van der Waals surface area contributed by atoms with Gasteiger partial charge in [0.25, 0.3) is 0 Å². The summed E-state index contributed by atoms with van der Waals surface area (Å²) < 4.78 is 2.15. The average molecular weight is 352 g/mol. The summed E-state index contributed by atoms with van der Waals surface area (Å²) in [6.07, 6.45) is 0. The Kier molecular flexibility index (Phi) is 5.09. The molecular formula is C19H20N4OS. The topological polar surface area (TPSA) is 62.7 Å². The van der Waals surface area contributed by atoms with E-state index >= 15 is 0 Å². The summed E-state index contributed by atoms with van der Waals surface area (Å²) in [5, 5.41) is 9.99. The van der Waals surface area contributed by atoms with E-state index in [0.717, 1.165) is 16.7 Å². The van der Waals surface area contributed by atoms with Crippen molar-refractivity contribution in [2.24, 2.45) is 0 Å². The highest BCUT2D eigenvalue weighted by atomic mass is 32.1. The van der Waals surface area contributed by atoms with Crippen LogP contribution in [0.5, 0.6) is 0 Å². The molecule has 0 saturated heterocycles. The summed E-state index contributed by atoms with van der Waals surface area (Å²) >= 11 is 5.28. The maximum absolute atomic E-state index is 12.4. The van der Waals surface area contributed by atoms with E-state index in [0.29, 0.717) is 17.1 Å². The van der Waals surface area contributed by atoms with E-state index in [1.807, 2.05) is 62.4 Å². The van der Waals surface area contributed by atoms with Gasteiger partial charge in [0.05, 0.1) is 0 Å². The maximum Gasteiger partial charge on any atom is 0.240 e. The lowest BCUT2D eigenvalue weighted by atomic mass is 10.1. The van der Waals surface area contributed by atoms with Gasteiger partial charge in [0, 0.05) is 12.1 Å². The van der Waals surface area contributed by atoms with Gasteiger partial charge in [-0.15, -0.1) is 0 Å². The first kappa shape index (κ1) is 17.1. The zero-order chi connectivity index (χ0) is 17.8. The number of nitrogens with zero attached hydrogens (tertiary/aromatic N) is 2. The minimum atomic E-state index is -0.103. The molecule has 0 radical (unpaired) electrons. The Hall–Kier alpha value is -2.73. The largest absolute Gasteiger partial charge is 0.350 e. The fourth-order valence-corrected chi connectivity index (χ4v) is 2.79. The molecule has 0 aliphatic rings. The van der Waals surface area contributed by atoms with E-state index in [1.165, 1.54) is 5.56 Å². The lowest BCUT2D eigenvalue weighted by Gasteiger charge is -2.10. The van der Waals surface area contributed by atoms with Crippen molar-refractivity contribution in [3.8, 4) is 11.4 Å². The van der Waals surface area contributed by atoms with Crippen molar-refractivity contribution in [3.05, 3.63) is 70.0 Å². The lowest BCUT2D eigenvalue weighted by molar-refractivity contribution is -0.121. The van der Waals surface area contributed by atoms with Crippen LogP contribution in [-0.2, 0) is 17.9 Å². The van der Waals surface area contributed by atoms with Gasteiger partial charge in [0.1, 0.15) is 6.54 Å². The van der Waals surface area contributed by atoms with E-state index in [9.17, 15) is 4.79 Å². The van der Waals surface area contributed by atoms with Gasteiger partial charge in [0.2, 0.25) is 5.91 Å². The summed E-state index contributed by atoms with van der Waals surface area (Å²) in [7, 11) is 0. The lowest BCUT2D eigenvalue weighted by Crippen LogP contribution is -2.27. The van der Waals surface area contributed by atoms with Crippen LogP contribution in [0.2, 0.25) is 0 Å². The molecule has 0 atom stereocenters. The number of aromatic nitrogens is 3. The molecule has 6 heteroatoms. The third kappa shape index (κ3) is 4.03. The molecule has 2 N–H and O–H groups in total. The molecule has 1 aromatic heterocycles. The first-order valence-corrected chi connectivity index (χ1v) is 8.49. The van der Waals surface area contributed by atoms with Crippen molar-refractivity contribution >= 4 is 18.1 Å². The summed E-state index contributed by atoms with van der Waals surface area (Å²) in [6.45, 7) is 4.68. The maximum atomic E-state index is 12.4. The van der Waals surface area contributed by atoms with Crippen LogP contribution in [0.4, 0.5) is 0 Å². The van der Waals surface area contributed by atoms with Gasteiger partial charge in [-0.05, 0) is 37.2 Å². The fourth-order valence-electron chi connectivity index (χ4n) is 2.59. The molecule has 1 amide bonds. The predicted molar refractivity (Wildman–Crippen MR) is 101 cm³/mol. The molecule has 0 bridgehead atoms. The molecule has 128 valence electrons. The molecular weight excluding hydrogens is 332 g/mol. The molecule has 0 unspecified atom stereocenters. The van der Waals surface area contributed by atoms with Crippen molar-refractivity contribution in [1.29, 1.82) is 0 Å². The van der Waals surface area contributed by atoms with Crippen LogP contribution in [0.15, 0.2) is 48.5 Å². The molecule has 3 rings (SSSR count). The van der Waals surface area contributed by atoms with Crippen LogP contribution in [0.3, 0.4) is 0 Å². The summed E-state index contributed by atoms with van der Waals surface area (Å²) in [4.78, 5) is 12.4. The molecule has 2 aromatic carbocycles. The van der Waals surface area contributed by atoms with E-state index in [1.54, 1.807) is 4.57 Å². The van der Waals surface area contributed by atoms with E-state index in [-0.39, 0.29) is 12.5 Å². The van der Waals surface area contributed by atoms with Gasteiger partial charge in [0.15, 0.2) is 10.6 Å². The smallest absolute Gasteiger partial charge is 0.240 e. The van der Waals surface area contributed by atoms with E-state index in [2.05, 4.69) is 15.5 Å². The highest BCUT2D eigenvalue weighted by Gasteiger charge is 2.12. The Bertz CT molecular complexity index is 941. The normalized spacial score (nSPS) is 10.6. The highest BCUT2D eigenvalue weighted by molar-refractivity contribution is 7.71. The van der Waals surface area contributed by atoms with Gasteiger partial charge in [-0.25, -0.2) is 0 Å². The number of H-pyrrole nitrogens is 1. The molecule has 3 aromatic rings. The van der Waals surface area contributed by atoms with E-state index < -0.39 is 0 Å². The van der Waals surface area contributed by atoms with Crippen LogP contribution in [0.1, 0.15) is 16.7 Å². The van der Waals surface area contributed by atoms with Crippen LogP contribution in [0, 0.1) is 18.6 Å². The minimum Gasteiger partial charge on any atom is -0.350 e. The zero-order valence-electron chi connectivity index (χ0n) is 14.2. The number of carbonyl (C=O) groups is 1. The Morgan fingerprint density at radius 2 is 1.88 bits per heavy atom. The second kappa shape index (κ2) is 7.44. The van der Waals surface area contributed by atoms with Gasteiger partial charge >= 0.3 is 0 Å². The standard InChI is InChI=1S/C19H20N4OS/c1-13-7-9-15(10-8-13)18-21-22-19(25)23(18)12-17(24)20-11-16-6-4-3-5-14(16)2/h3-10H,11-12H2,1-2H3,(H,20,24)(H,22,25). The molecule has 0 fully saturated rings. The number of hydrogen-bond donors (Lipinski definition) is 2. The highest BCUT2D eigenvalue weighted by Crippen LogP contribution is 2.17. The number of carbonyl (C=O) groups excluding carboxylic acids is 1. The number of hydrogen-bond acceptors (Lipinski definition) is 3. The number of aryl methyl sites for hydroxylation is 2. The molecule has 1 heterocycles. The van der Waals surface area contributed by atoms with E-state index in [4.69, 9.17) is 12.2 Å². The van der Waals surface area contributed by atoms with Crippen LogP contribution >= 0.6 is 12.2 Å². The Morgan fingerprint density at radius 3 is 2.60 bits per heavy atom. The Morgan fingerprint density at radius 1 is 1.16 bits per heavy atom. The van der Waals surface area contributed by atoms with Crippen molar-refractivity contribution in [2.45, 2.75) is 26.9 Å². The Balaban J connectivity index is 1.73. The number of amides is 1. The molecule has 5 nitrogen and oxygen atoms in total. The second-order valence-corrected chi connectivity index (χ2v) is 6.39. The summed E-state index contributed by atoms with van der Waals surface area (Å²) in [5.74, 6) is 0.560.